The van der Waals surface area contributed by atoms with Gasteiger partial charge in [-0.15, -0.1) is 0 Å². The number of rotatable bonds is 4. The van der Waals surface area contributed by atoms with E-state index in [1.165, 1.54) is 7.11 Å². The molecule has 18 heavy (non-hydrogen) atoms. The molecule has 10 heteroatoms. The quantitative estimate of drug-likeness (QED) is 0.364. The first-order valence-electron chi connectivity index (χ1n) is 4.59. The maximum absolute atomic E-state index is 11.5. The summed E-state index contributed by atoms with van der Waals surface area (Å²) in [4.78, 5) is 19.7. The van der Waals surface area contributed by atoms with Gasteiger partial charge in [0.05, 0.1) is 6.61 Å². The molecule has 1 heterocycles. The number of nitrogens with zero attached hydrogens (tertiary/aromatic N) is 3. The van der Waals surface area contributed by atoms with Crippen LogP contribution in [0.3, 0.4) is 0 Å². The highest BCUT2D eigenvalue weighted by molar-refractivity contribution is 6.66. The molecule has 1 rings (SSSR count). The zero-order chi connectivity index (χ0) is 13.8. The van der Waals surface area contributed by atoms with Crippen LogP contribution in [-0.4, -0.2) is 35.5 Å². The standard InChI is InChI=1S/C8H8Cl3N3O4/c1-3-17-6(15)4(13-16-2)5-12-7(18-14-5)8(9,10)11/h3H2,1-2H3. The van der Waals surface area contributed by atoms with Gasteiger partial charge in [-0.3, -0.25) is 0 Å². The van der Waals surface area contributed by atoms with Crippen LogP contribution in [0.2, 0.25) is 0 Å². The molecule has 0 spiro atoms. The van der Waals surface area contributed by atoms with Crippen molar-refractivity contribution >= 4 is 46.5 Å². The Balaban J connectivity index is 3.05. The molecule has 0 unspecified atom stereocenters. The van der Waals surface area contributed by atoms with Crippen LogP contribution in [0.4, 0.5) is 0 Å². The van der Waals surface area contributed by atoms with E-state index in [1.54, 1.807) is 6.92 Å². The van der Waals surface area contributed by atoms with Crippen molar-refractivity contribution in [3.8, 4) is 0 Å². The Labute approximate surface area is 117 Å². The lowest BCUT2D eigenvalue weighted by molar-refractivity contribution is -0.135. The first-order valence-corrected chi connectivity index (χ1v) is 5.73. The van der Waals surface area contributed by atoms with Crippen LogP contribution in [0, 0.1) is 0 Å². The molecule has 0 saturated carbocycles. The Bertz CT molecular complexity index is 455. The molecule has 1 aromatic rings. The molecule has 0 saturated heterocycles. The van der Waals surface area contributed by atoms with E-state index in [4.69, 9.17) is 39.5 Å². The van der Waals surface area contributed by atoms with Crippen molar-refractivity contribution < 1.29 is 18.9 Å². The smallest absolute Gasteiger partial charge is 0.364 e. The number of alkyl halides is 3. The highest BCUT2D eigenvalue weighted by Crippen LogP contribution is 2.36. The van der Waals surface area contributed by atoms with Gasteiger partial charge < -0.3 is 14.1 Å². The third kappa shape index (κ3) is 3.72. The van der Waals surface area contributed by atoms with E-state index >= 15 is 0 Å². The first kappa shape index (κ1) is 15.0. The third-order valence-corrected chi connectivity index (χ3v) is 2.02. The number of halogens is 3. The highest BCUT2D eigenvalue weighted by Gasteiger charge is 2.33. The van der Waals surface area contributed by atoms with Gasteiger partial charge in [-0.2, -0.15) is 4.98 Å². The fraction of sp³-hybridized carbons (Fsp3) is 0.500. The van der Waals surface area contributed by atoms with Crippen molar-refractivity contribution in [2.24, 2.45) is 5.16 Å². The Kier molecular flexibility index (Phi) is 5.18. The fourth-order valence-corrected chi connectivity index (χ4v) is 1.13. The van der Waals surface area contributed by atoms with Crippen molar-refractivity contribution in [3.63, 3.8) is 0 Å². The maximum atomic E-state index is 11.5. The SMILES string of the molecule is CCOC(=O)C(=NOC)c1noc(C(Cl)(Cl)Cl)n1. The number of carbonyl (C=O) groups is 1. The lowest BCUT2D eigenvalue weighted by atomic mass is 10.3. The minimum Gasteiger partial charge on any atom is -0.461 e. The van der Waals surface area contributed by atoms with Gasteiger partial charge in [0.25, 0.3) is 9.68 Å². The van der Waals surface area contributed by atoms with Crippen molar-refractivity contribution in [1.29, 1.82) is 0 Å². The zero-order valence-electron chi connectivity index (χ0n) is 9.32. The van der Waals surface area contributed by atoms with Crippen LogP contribution >= 0.6 is 34.8 Å². The molecule has 100 valence electrons. The fourth-order valence-electron chi connectivity index (χ4n) is 0.895. The third-order valence-electron chi connectivity index (χ3n) is 1.53. The van der Waals surface area contributed by atoms with Crippen LogP contribution in [0.25, 0.3) is 0 Å². The Morgan fingerprint density at radius 1 is 1.50 bits per heavy atom. The van der Waals surface area contributed by atoms with Crippen LogP contribution in [0.5, 0.6) is 0 Å². The number of carbonyl (C=O) groups excluding carboxylic acids is 1. The van der Waals surface area contributed by atoms with E-state index < -0.39 is 9.76 Å². The van der Waals surface area contributed by atoms with Crippen LogP contribution in [-0.2, 0) is 18.2 Å². The van der Waals surface area contributed by atoms with Gasteiger partial charge in [-0.05, 0) is 6.92 Å². The summed E-state index contributed by atoms with van der Waals surface area (Å²) < 4.78 is 7.53. The minimum absolute atomic E-state index is 0.150. The van der Waals surface area contributed by atoms with Gasteiger partial charge in [0.15, 0.2) is 0 Å². The molecule has 0 atom stereocenters. The molecular weight excluding hydrogens is 308 g/mol. The Hall–Kier alpha value is -1.05. The number of esters is 1. The number of hydrogen-bond acceptors (Lipinski definition) is 7. The average Bonchev–Trinajstić information content (AvgIpc) is 2.74. The summed E-state index contributed by atoms with van der Waals surface area (Å²) >= 11 is 16.6. The van der Waals surface area contributed by atoms with Crippen molar-refractivity contribution in [1.82, 2.24) is 10.1 Å². The van der Waals surface area contributed by atoms with Crippen LogP contribution < -0.4 is 0 Å². The van der Waals surface area contributed by atoms with Gasteiger partial charge in [-0.25, -0.2) is 4.79 Å². The van der Waals surface area contributed by atoms with E-state index in [2.05, 4.69) is 24.7 Å². The molecule has 0 aliphatic rings. The van der Waals surface area contributed by atoms with Crippen molar-refractivity contribution in [2.75, 3.05) is 13.7 Å². The van der Waals surface area contributed by atoms with E-state index in [0.717, 1.165) is 0 Å². The normalized spacial score (nSPS) is 12.4. The maximum Gasteiger partial charge on any atom is 0.364 e. The zero-order valence-corrected chi connectivity index (χ0v) is 11.6. The van der Waals surface area contributed by atoms with E-state index in [-0.39, 0.29) is 24.0 Å². The molecule has 7 nitrogen and oxygen atoms in total. The Morgan fingerprint density at radius 3 is 2.61 bits per heavy atom. The van der Waals surface area contributed by atoms with Crippen molar-refractivity contribution in [2.45, 2.75) is 10.7 Å². The number of aromatic nitrogens is 2. The second kappa shape index (κ2) is 6.21. The average molecular weight is 317 g/mol. The van der Waals surface area contributed by atoms with Crippen molar-refractivity contribution in [3.05, 3.63) is 11.7 Å². The summed E-state index contributed by atoms with van der Waals surface area (Å²) in [6, 6.07) is 0. The summed E-state index contributed by atoms with van der Waals surface area (Å²) in [6.45, 7) is 1.78. The molecule has 1 aromatic heterocycles. The van der Waals surface area contributed by atoms with E-state index in [0.29, 0.717) is 0 Å². The number of ether oxygens (including phenoxy) is 1. The summed E-state index contributed by atoms with van der Waals surface area (Å²) in [5.74, 6) is -1.27. The van der Waals surface area contributed by atoms with Gasteiger partial charge in [0.1, 0.15) is 7.11 Å². The van der Waals surface area contributed by atoms with Gasteiger partial charge in [0, 0.05) is 0 Å². The Morgan fingerprint density at radius 2 is 2.17 bits per heavy atom. The minimum atomic E-state index is -1.89. The van der Waals surface area contributed by atoms with Gasteiger partial charge in [0.2, 0.25) is 11.5 Å². The van der Waals surface area contributed by atoms with E-state index in [1.807, 2.05) is 0 Å². The summed E-state index contributed by atoms with van der Waals surface area (Å²) in [5, 5.41) is 6.89. The molecule has 0 radical (unpaired) electrons. The molecular formula is C8H8Cl3N3O4. The molecule has 0 aromatic carbocycles. The first-order chi connectivity index (χ1) is 8.40. The molecule has 0 N–H and O–H groups in total. The topological polar surface area (TPSA) is 86.8 Å². The second-order valence-electron chi connectivity index (χ2n) is 2.76. The summed E-state index contributed by atoms with van der Waals surface area (Å²) in [7, 11) is 1.25. The molecule has 0 bridgehead atoms. The lowest BCUT2D eigenvalue weighted by Gasteiger charge is -2.02. The molecule has 0 amide bonds. The highest BCUT2D eigenvalue weighted by atomic mass is 35.6. The monoisotopic (exact) mass is 315 g/mol. The lowest BCUT2D eigenvalue weighted by Crippen LogP contribution is -2.20. The predicted molar refractivity (Wildman–Crippen MR) is 63.7 cm³/mol. The second-order valence-corrected chi connectivity index (χ2v) is 5.05. The van der Waals surface area contributed by atoms with Crippen LogP contribution in [0.1, 0.15) is 18.6 Å². The van der Waals surface area contributed by atoms with Gasteiger partial charge >= 0.3 is 5.97 Å². The van der Waals surface area contributed by atoms with Gasteiger partial charge in [-0.1, -0.05) is 45.1 Å². The summed E-state index contributed by atoms with van der Waals surface area (Å²) in [5.41, 5.74) is -0.288. The predicted octanol–water partition coefficient (Wildman–Crippen LogP) is 1.81. The number of oxime groups is 1. The number of hydrogen-bond donors (Lipinski definition) is 0. The molecule has 0 aliphatic carbocycles. The summed E-state index contributed by atoms with van der Waals surface area (Å²) in [6.07, 6.45) is 0. The van der Waals surface area contributed by atoms with Crippen LogP contribution in [0.15, 0.2) is 9.68 Å². The molecule has 0 fully saturated rings. The largest absolute Gasteiger partial charge is 0.461 e. The molecule has 0 aliphatic heterocycles. The van der Waals surface area contributed by atoms with E-state index in [9.17, 15) is 4.79 Å².